The number of rotatable bonds is 14. The van der Waals surface area contributed by atoms with Crippen LogP contribution in [0, 0.1) is 0 Å². The van der Waals surface area contributed by atoms with E-state index in [4.69, 9.17) is 0 Å². The maximum Gasteiger partial charge on any atom is 0.247 e. The summed E-state index contributed by atoms with van der Waals surface area (Å²) >= 11 is 0. The van der Waals surface area contributed by atoms with Gasteiger partial charge in [-0.2, -0.15) is 0 Å². The van der Waals surface area contributed by atoms with Gasteiger partial charge in [-0.15, -0.1) is 0 Å². The standard InChI is InChI=1S/C17H38F2Si2/c1-5-12-20(18,13-6-2)16-10-9-11-17-21(19,14-7-3)15-8-4/h5-17H2,1-4H3. The van der Waals surface area contributed by atoms with Crippen molar-refractivity contribution in [2.75, 3.05) is 0 Å². The molecule has 4 heteroatoms. The topological polar surface area (TPSA) is 0 Å². The van der Waals surface area contributed by atoms with E-state index >= 15 is 0 Å². The molecule has 0 saturated heterocycles. The Bertz CT molecular complexity index is 211. The maximum absolute atomic E-state index is 14.8. The summed E-state index contributed by atoms with van der Waals surface area (Å²) in [4.78, 5) is 0. The molecule has 0 nitrogen and oxygen atoms in total. The van der Waals surface area contributed by atoms with Crippen LogP contribution >= 0.6 is 0 Å². The average Bonchev–Trinajstić information content (AvgIpc) is 2.39. The lowest BCUT2D eigenvalue weighted by Gasteiger charge is -2.23. The van der Waals surface area contributed by atoms with Gasteiger partial charge in [0.1, 0.15) is 0 Å². The Kier molecular flexibility index (Phi) is 12.0. The molecule has 0 rings (SSSR count). The Morgan fingerprint density at radius 2 is 0.762 bits per heavy atom. The van der Waals surface area contributed by atoms with Gasteiger partial charge in [-0.1, -0.05) is 72.6 Å². The maximum atomic E-state index is 14.8. The van der Waals surface area contributed by atoms with Crippen LogP contribution in [0.15, 0.2) is 0 Å². The summed E-state index contributed by atoms with van der Waals surface area (Å²) in [6, 6.07) is 4.94. The van der Waals surface area contributed by atoms with E-state index in [1.807, 2.05) is 0 Å². The third kappa shape index (κ3) is 9.82. The van der Waals surface area contributed by atoms with E-state index in [2.05, 4.69) is 27.7 Å². The molecule has 0 aliphatic rings. The molecule has 0 aromatic rings. The summed E-state index contributed by atoms with van der Waals surface area (Å²) in [6.45, 7) is 8.37. The first-order chi connectivity index (χ1) is 9.95. The van der Waals surface area contributed by atoms with Gasteiger partial charge in [-0.25, -0.2) is 0 Å². The third-order valence-electron chi connectivity index (χ3n) is 4.54. The predicted octanol–water partition coefficient (Wildman–Crippen LogP) is 7.63. The van der Waals surface area contributed by atoms with Gasteiger partial charge in [0.05, 0.1) is 0 Å². The van der Waals surface area contributed by atoms with Crippen molar-refractivity contribution in [1.29, 1.82) is 0 Å². The second-order valence-electron chi connectivity index (χ2n) is 6.86. The van der Waals surface area contributed by atoms with Crippen molar-refractivity contribution in [3.8, 4) is 0 Å². The molecule has 0 aliphatic carbocycles. The predicted molar refractivity (Wildman–Crippen MR) is 97.6 cm³/mol. The van der Waals surface area contributed by atoms with Crippen LogP contribution in [0.1, 0.15) is 72.6 Å². The zero-order valence-corrected chi connectivity index (χ0v) is 16.9. The monoisotopic (exact) mass is 336 g/mol. The second-order valence-corrected chi connectivity index (χ2v) is 14.5. The summed E-state index contributed by atoms with van der Waals surface area (Å²) < 4.78 is 29.5. The highest BCUT2D eigenvalue weighted by molar-refractivity contribution is 6.73. The molecule has 0 unspecified atom stereocenters. The fraction of sp³-hybridized carbons (Fsp3) is 1.00. The fourth-order valence-electron chi connectivity index (χ4n) is 3.60. The zero-order chi connectivity index (χ0) is 16.2. The highest BCUT2D eigenvalue weighted by atomic mass is 28.4. The normalized spacial score (nSPS) is 12.9. The van der Waals surface area contributed by atoms with E-state index in [0.29, 0.717) is 0 Å². The molecule has 0 radical (unpaired) electrons. The van der Waals surface area contributed by atoms with Gasteiger partial charge in [0, 0.05) is 0 Å². The van der Waals surface area contributed by atoms with Gasteiger partial charge in [-0.3, -0.25) is 0 Å². The molecular formula is C17H38F2Si2. The molecular weight excluding hydrogens is 298 g/mol. The summed E-state index contributed by atoms with van der Waals surface area (Å²) in [5.74, 6) is 0. The molecule has 0 aromatic carbocycles. The molecule has 0 aliphatic heterocycles. The average molecular weight is 337 g/mol. The molecule has 0 N–H and O–H groups in total. The van der Waals surface area contributed by atoms with E-state index in [1.54, 1.807) is 0 Å². The van der Waals surface area contributed by atoms with Crippen LogP contribution in [0.25, 0.3) is 0 Å². The van der Waals surface area contributed by atoms with Crippen molar-refractivity contribution >= 4 is 16.8 Å². The van der Waals surface area contributed by atoms with E-state index in [9.17, 15) is 8.22 Å². The van der Waals surface area contributed by atoms with Gasteiger partial charge in [0.25, 0.3) is 0 Å². The first-order valence-electron chi connectivity index (χ1n) is 9.33. The largest absolute Gasteiger partial charge is 0.314 e. The van der Waals surface area contributed by atoms with Gasteiger partial charge in [0.2, 0.25) is 16.8 Å². The molecule has 0 aromatic heterocycles. The summed E-state index contributed by atoms with van der Waals surface area (Å²) in [5.41, 5.74) is 0. The molecule has 0 spiro atoms. The number of halogens is 2. The van der Waals surface area contributed by atoms with Crippen LogP contribution in [-0.2, 0) is 0 Å². The van der Waals surface area contributed by atoms with E-state index in [-0.39, 0.29) is 0 Å². The lowest BCUT2D eigenvalue weighted by Crippen LogP contribution is -2.28. The SMILES string of the molecule is CCC[Si](F)(CCC)CCCCC[Si](F)(CCC)CCC. The Morgan fingerprint density at radius 3 is 1.00 bits per heavy atom. The third-order valence-corrected chi connectivity index (χ3v) is 12.6. The van der Waals surface area contributed by atoms with Crippen LogP contribution in [0.3, 0.4) is 0 Å². The van der Waals surface area contributed by atoms with Crippen LogP contribution in [0.5, 0.6) is 0 Å². The van der Waals surface area contributed by atoms with Gasteiger partial charge in [-0.05, 0) is 36.3 Å². The first-order valence-corrected chi connectivity index (χ1v) is 14.3. The Balaban J connectivity index is 4.01. The van der Waals surface area contributed by atoms with Gasteiger partial charge in [0.15, 0.2) is 0 Å². The van der Waals surface area contributed by atoms with Crippen molar-refractivity contribution in [1.82, 2.24) is 0 Å². The Labute approximate surface area is 134 Å². The summed E-state index contributed by atoms with van der Waals surface area (Å²) in [6.07, 6.45) is 6.95. The Morgan fingerprint density at radius 1 is 0.476 bits per heavy atom. The minimum Gasteiger partial charge on any atom is -0.314 e. The minimum absolute atomic E-state index is 0.817. The highest BCUT2D eigenvalue weighted by Gasteiger charge is 2.33. The number of hydrogen-bond acceptors (Lipinski definition) is 0. The van der Waals surface area contributed by atoms with Crippen LogP contribution in [-0.4, -0.2) is 16.8 Å². The van der Waals surface area contributed by atoms with E-state index in [0.717, 1.165) is 81.2 Å². The smallest absolute Gasteiger partial charge is 0.247 e. The zero-order valence-electron chi connectivity index (χ0n) is 14.9. The first kappa shape index (κ1) is 21.3. The van der Waals surface area contributed by atoms with Crippen LogP contribution in [0.4, 0.5) is 8.22 Å². The summed E-state index contributed by atoms with van der Waals surface area (Å²) in [5, 5.41) is 0. The van der Waals surface area contributed by atoms with Crippen molar-refractivity contribution in [2.24, 2.45) is 0 Å². The molecule has 0 bridgehead atoms. The van der Waals surface area contributed by atoms with Crippen molar-refractivity contribution in [3.05, 3.63) is 0 Å². The lowest BCUT2D eigenvalue weighted by molar-refractivity contribution is 0.654. The molecule has 0 fully saturated rings. The van der Waals surface area contributed by atoms with E-state index in [1.165, 1.54) is 0 Å². The van der Waals surface area contributed by atoms with Crippen molar-refractivity contribution < 1.29 is 8.22 Å². The fourth-order valence-corrected chi connectivity index (χ4v) is 10.5. The van der Waals surface area contributed by atoms with E-state index < -0.39 is 16.8 Å². The molecule has 21 heavy (non-hydrogen) atoms. The van der Waals surface area contributed by atoms with Crippen molar-refractivity contribution in [2.45, 2.75) is 109 Å². The quantitative estimate of drug-likeness (QED) is 0.174. The molecule has 0 saturated carbocycles. The lowest BCUT2D eigenvalue weighted by atomic mass is 10.3. The van der Waals surface area contributed by atoms with Crippen LogP contribution in [0.2, 0.25) is 36.3 Å². The molecule has 128 valence electrons. The second kappa shape index (κ2) is 11.8. The number of unbranched alkanes of at least 4 members (excludes halogenated alkanes) is 2. The molecule has 0 amide bonds. The highest BCUT2D eigenvalue weighted by Crippen LogP contribution is 2.31. The number of hydrogen-bond donors (Lipinski definition) is 0. The minimum atomic E-state index is -2.46. The van der Waals surface area contributed by atoms with Gasteiger partial charge < -0.3 is 8.22 Å². The van der Waals surface area contributed by atoms with Crippen LogP contribution < -0.4 is 0 Å². The summed E-state index contributed by atoms with van der Waals surface area (Å²) in [7, 11) is -4.92. The Hall–Kier alpha value is 0.294. The van der Waals surface area contributed by atoms with Gasteiger partial charge >= 0.3 is 0 Å². The van der Waals surface area contributed by atoms with Crippen molar-refractivity contribution in [3.63, 3.8) is 0 Å². The molecule has 0 atom stereocenters. The molecule has 0 heterocycles.